The van der Waals surface area contributed by atoms with Crippen LogP contribution in [-0.2, 0) is 11.8 Å². The Kier molecular flexibility index (Phi) is 7.04. The minimum atomic E-state index is -0.528. The summed E-state index contributed by atoms with van der Waals surface area (Å²) >= 11 is 8.27. The smallest absolute Gasteiger partial charge is 0.407 e. The molecule has 2 N–H and O–H groups in total. The van der Waals surface area contributed by atoms with E-state index >= 15 is 0 Å². The quantitative estimate of drug-likeness (QED) is 0.363. The number of ether oxygens (including phenoxy) is 1. The minimum absolute atomic E-state index is 0.0156. The van der Waals surface area contributed by atoms with Gasteiger partial charge in [-0.2, -0.15) is 5.10 Å². The van der Waals surface area contributed by atoms with Gasteiger partial charge in [0.15, 0.2) is 5.65 Å². The zero-order valence-corrected chi connectivity index (χ0v) is 24.7. The Morgan fingerprint density at radius 1 is 1.23 bits per heavy atom. The van der Waals surface area contributed by atoms with Crippen LogP contribution >= 0.6 is 23.4 Å². The van der Waals surface area contributed by atoms with Crippen LogP contribution in [0.2, 0.25) is 5.02 Å². The molecule has 2 aliphatic heterocycles. The van der Waals surface area contributed by atoms with E-state index in [1.165, 1.54) is 11.8 Å². The number of piperidine rings is 2. The van der Waals surface area contributed by atoms with Gasteiger partial charge in [-0.1, -0.05) is 23.4 Å². The molecule has 1 amide bonds. The molecule has 11 nitrogen and oxygen atoms in total. The van der Waals surface area contributed by atoms with Crippen molar-refractivity contribution in [3.05, 3.63) is 35.9 Å². The molecule has 2 saturated heterocycles. The van der Waals surface area contributed by atoms with Crippen LogP contribution in [0.4, 0.5) is 10.7 Å². The Morgan fingerprint density at radius 2 is 2.02 bits per heavy atom. The molecule has 1 atom stereocenters. The Bertz CT molecular complexity index is 1550. The normalized spacial score (nSPS) is 19.4. The molecule has 2 fully saturated rings. The second kappa shape index (κ2) is 10.4. The van der Waals surface area contributed by atoms with Crippen LogP contribution in [-0.4, -0.2) is 73.3 Å². The van der Waals surface area contributed by atoms with Crippen molar-refractivity contribution in [3.8, 4) is 0 Å². The van der Waals surface area contributed by atoms with E-state index in [1.807, 2.05) is 56.7 Å². The standard InChI is InChI=1S/C27H34ClN9O2S/c1-26(2,3)39-25(38)32-21-14-29-10-7-27(21)8-11-36(12-9-27)24-30-13-20(23-33-31-16-37(23)24)40-19-6-5-18-17(22(19)28)15-35(4)34-18/h5-6,13,15-16,21,29H,7-12,14H2,1-4H3,(H,32,38). The predicted molar refractivity (Wildman–Crippen MR) is 155 cm³/mol. The number of hydrogen-bond donors (Lipinski definition) is 2. The van der Waals surface area contributed by atoms with Gasteiger partial charge in [0.25, 0.3) is 0 Å². The highest BCUT2D eigenvalue weighted by Gasteiger charge is 2.44. The number of nitrogens with one attached hydrogen (secondary N) is 2. The topological polar surface area (TPSA) is 114 Å². The lowest BCUT2D eigenvalue weighted by Gasteiger charge is -2.49. The Morgan fingerprint density at radius 3 is 2.80 bits per heavy atom. The van der Waals surface area contributed by atoms with Crippen molar-refractivity contribution in [2.24, 2.45) is 12.5 Å². The van der Waals surface area contributed by atoms with Crippen LogP contribution in [0.25, 0.3) is 16.6 Å². The summed E-state index contributed by atoms with van der Waals surface area (Å²) < 4.78 is 9.28. The van der Waals surface area contributed by atoms with Gasteiger partial charge >= 0.3 is 6.09 Å². The van der Waals surface area contributed by atoms with Crippen LogP contribution in [0.3, 0.4) is 0 Å². The molecular formula is C27H34ClN9O2S. The first kappa shape index (κ1) is 27.1. The molecular weight excluding hydrogens is 550 g/mol. The van der Waals surface area contributed by atoms with Crippen LogP contribution in [0, 0.1) is 5.41 Å². The van der Waals surface area contributed by atoms with Crippen molar-refractivity contribution in [2.75, 3.05) is 31.1 Å². The van der Waals surface area contributed by atoms with E-state index in [2.05, 4.69) is 30.8 Å². The van der Waals surface area contributed by atoms with Crippen LogP contribution in [0.15, 0.2) is 40.6 Å². The molecule has 212 valence electrons. The summed E-state index contributed by atoms with van der Waals surface area (Å²) in [5.74, 6) is 0.818. The summed E-state index contributed by atoms with van der Waals surface area (Å²) in [6.07, 6.45) is 8.04. The van der Waals surface area contributed by atoms with E-state index in [-0.39, 0.29) is 17.6 Å². The lowest BCUT2D eigenvalue weighted by molar-refractivity contribution is 0.0358. The SMILES string of the molecule is Cn1cc2c(Cl)c(Sc3cnc(N4CCC5(CCNCC5NC(=O)OC(C)(C)C)CC4)n4cnnc34)ccc2n1. The van der Waals surface area contributed by atoms with E-state index in [1.54, 1.807) is 11.0 Å². The first-order valence-electron chi connectivity index (χ1n) is 13.6. The highest BCUT2D eigenvalue weighted by molar-refractivity contribution is 7.99. The molecule has 13 heteroatoms. The zero-order valence-electron chi connectivity index (χ0n) is 23.1. The molecule has 1 spiro atoms. The number of carbonyl (C=O) groups is 1. The van der Waals surface area contributed by atoms with Crippen molar-refractivity contribution in [3.63, 3.8) is 0 Å². The first-order valence-corrected chi connectivity index (χ1v) is 14.7. The highest BCUT2D eigenvalue weighted by Crippen LogP contribution is 2.42. The average molecular weight is 584 g/mol. The molecule has 40 heavy (non-hydrogen) atoms. The number of anilines is 1. The van der Waals surface area contributed by atoms with Gasteiger partial charge in [0, 0.05) is 49.4 Å². The summed E-state index contributed by atoms with van der Waals surface area (Å²) in [6, 6.07) is 3.97. The Labute approximate surface area is 242 Å². The monoisotopic (exact) mass is 583 g/mol. The number of amides is 1. The van der Waals surface area contributed by atoms with Crippen molar-refractivity contribution in [2.45, 2.75) is 61.5 Å². The minimum Gasteiger partial charge on any atom is -0.444 e. The Hall–Kier alpha value is -3.09. The van der Waals surface area contributed by atoms with Gasteiger partial charge in [0.05, 0.1) is 21.5 Å². The first-order chi connectivity index (χ1) is 19.1. The van der Waals surface area contributed by atoms with Gasteiger partial charge in [0.1, 0.15) is 11.9 Å². The van der Waals surface area contributed by atoms with Gasteiger partial charge < -0.3 is 20.3 Å². The third kappa shape index (κ3) is 5.19. The predicted octanol–water partition coefficient (Wildman–Crippen LogP) is 4.29. The van der Waals surface area contributed by atoms with Gasteiger partial charge in [0.2, 0.25) is 5.95 Å². The lowest BCUT2D eigenvalue weighted by Crippen LogP contribution is -2.61. The van der Waals surface area contributed by atoms with Crippen LogP contribution in [0.1, 0.15) is 40.0 Å². The molecule has 0 aliphatic carbocycles. The number of nitrogens with zero attached hydrogens (tertiary/aromatic N) is 7. The van der Waals surface area contributed by atoms with Crippen molar-refractivity contribution in [1.29, 1.82) is 0 Å². The molecule has 5 heterocycles. The van der Waals surface area contributed by atoms with Gasteiger partial charge in [-0.3, -0.25) is 4.68 Å². The number of halogens is 1. The molecule has 2 aliphatic rings. The number of fused-ring (bicyclic) bond motifs is 2. The molecule has 1 aromatic carbocycles. The highest BCUT2D eigenvalue weighted by atomic mass is 35.5. The van der Waals surface area contributed by atoms with Crippen molar-refractivity contribution >= 4 is 52.0 Å². The Balaban J connectivity index is 1.20. The number of alkyl carbamates (subject to hydrolysis) is 1. The van der Waals surface area contributed by atoms with E-state index in [4.69, 9.17) is 21.3 Å². The zero-order chi connectivity index (χ0) is 28.1. The van der Waals surface area contributed by atoms with E-state index in [0.717, 1.165) is 77.7 Å². The largest absolute Gasteiger partial charge is 0.444 e. The molecule has 1 unspecified atom stereocenters. The third-order valence-electron chi connectivity index (χ3n) is 7.82. The van der Waals surface area contributed by atoms with E-state index in [0.29, 0.717) is 5.02 Å². The van der Waals surface area contributed by atoms with E-state index < -0.39 is 5.60 Å². The van der Waals surface area contributed by atoms with E-state index in [9.17, 15) is 4.79 Å². The summed E-state index contributed by atoms with van der Waals surface area (Å²) in [7, 11) is 1.89. The lowest BCUT2D eigenvalue weighted by atomic mass is 9.68. The summed E-state index contributed by atoms with van der Waals surface area (Å²) in [4.78, 5) is 21.5. The second-order valence-corrected chi connectivity index (χ2v) is 13.1. The van der Waals surface area contributed by atoms with Gasteiger partial charge in [-0.15, -0.1) is 10.2 Å². The third-order valence-corrected chi connectivity index (χ3v) is 9.41. The van der Waals surface area contributed by atoms with Crippen molar-refractivity contribution in [1.82, 2.24) is 40.0 Å². The summed E-state index contributed by atoms with van der Waals surface area (Å²) in [5, 5.41) is 21.3. The molecule has 0 radical (unpaired) electrons. The van der Waals surface area contributed by atoms with Gasteiger partial charge in [-0.25, -0.2) is 14.2 Å². The molecule has 0 saturated carbocycles. The number of hydrogen-bond acceptors (Lipinski definition) is 9. The molecule has 6 rings (SSSR count). The number of benzene rings is 1. The molecule has 4 aromatic rings. The molecule has 0 bridgehead atoms. The summed E-state index contributed by atoms with van der Waals surface area (Å²) in [6.45, 7) is 8.99. The van der Waals surface area contributed by atoms with Crippen LogP contribution < -0.4 is 15.5 Å². The maximum Gasteiger partial charge on any atom is 0.407 e. The fourth-order valence-electron chi connectivity index (χ4n) is 5.83. The number of aromatic nitrogens is 6. The van der Waals surface area contributed by atoms with Crippen molar-refractivity contribution < 1.29 is 9.53 Å². The maximum absolute atomic E-state index is 12.6. The fourth-order valence-corrected chi connectivity index (χ4v) is 7.06. The number of rotatable bonds is 4. The maximum atomic E-state index is 12.6. The number of carbonyl (C=O) groups excluding carboxylic acids is 1. The second-order valence-electron chi connectivity index (χ2n) is 11.7. The average Bonchev–Trinajstić information content (AvgIpc) is 3.54. The molecule has 3 aromatic heterocycles. The summed E-state index contributed by atoms with van der Waals surface area (Å²) in [5.41, 5.74) is 1.09. The van der Waals surface area contributed by atoms with Crippen LogP contribution in [0.5, 0.6) is 0 Å². The number of aryl methyl sites for hydroxylation is 1. The fraction of sp³-hybridized carbons (Fsp3) is 0.519. The van der Waals surface area contributed by atoms with Gasteiger partial charge in [-0.05, 0) is 64.1 Å².